The van der Waals surface area contributed by atoms with Crippen LogP contribution in [0, 0.1) is 5.82 Å². The Bertz CT molecular complexity index is 572. The summed E-state index contributed by atoms with van der Waals surface area (Å²) < 4.78 is 17.5. The van der Waals surface area contributed by atoms with Gasteiger partial charge in [0.15, 0.2) is 11.6 Å². The first-order chi connectivity index (χ1) is 9.67. The molecule has 0 fully saturated rings. The summed E-state index contributed by atoms with van der Waals surface area (Å²) in [6, 6.07) is 9.07. The van der Waals surface area contributed by atoms with E-state index in [1.807, 2.05) is 0 Å². The average molecular weight is 276 g/mol. The highest BCUT2D eigenvalue weighted by Crippen LogP contribution is 2.15. The van der Waals surface area contributed by atoms with E-state index in [0.29, 0.717) is 11.5 Å². The molecule has 6 nitrogen and oxygen atoms in total. The molecule has 0 aliphatic heterocycles. The standard InChI is InChI=1S/C13H13FN4O2/c1-2-20-13(19)16-12-8-7-11(17-18-12)15-10-5-3-9(14)4-6-10/h3-8H,2H2,1H3,(H,15,17)(H,16,18,19). The van der Waals surface area contributed by atoms with Gasteiger partial charge in [0.25, 0.3) is 0 Å². The Morgan fingerprint density at radius 3 is 2.40 bits per heavy atom. The van der Waals surface area contributed by atoms with E-state index >= 15 is 0 Å². The van der Waals surface area contributed by atoms with Gasteiger partial charge in [-0.1, -0.05) is 0 Å². The zero-order valence-electron chi connectivity index (χ0n) is 10.8. The van der Waals surface area contributed by atoms with E-state index in [1.165, 1.54) is 12.1 Å². The third-order valence-corrected chi connectivity index (χ3v) is 2.29. The van der Waals surface area contributed by atoms with E-state index in [4.69, 9.17) is 4.74 Å². The summed E-state index contributed by atoms with van der Waals surface area (Å²) in [4.78, 5) is 11.2. The Morgan fingerprint density at radius 1 is 1.15 bits per heavy atom. The lowest BCUT2D eigenvalue weighted by atomic mass is 10.3. The lowest BCUT2D eigenvalue weighted by Gasteiger charge is -2.06. The van der Waals surface area contributed by atoms with Crippen LogP contribution in [0.25, 0.3) is 0 Å². The molecule has 0 unspecified atom stereocenters. The van der Waals surface area contributed by atoms with Gasteiger partial charge in [-0.25, -0.2) is 9.18 Å². The van der Waals surface area contributed by atoms with E-state index in [-0.39, 0.29) is 18.2 Å². The number of nitrogens with one attached hydrogen (secondary N) is 2. The van der Waals surface area contributed by atoms with Crippen LogP contribution < -0.4 is 10.6 Å². The SMILES string of the molecule is CCOC(=O)Nc1ccc(Nc2ccc(F)cc2)nn1. The smallest absolute Gasteiger partial charge is 0.412 e. The predicted octanol–water partition coefficient (Wildman–Crippen LogP) is 2.93. The summed E-state index contributed by atoms with van der Waals surface area (Å²) in [5.74, 6) is 0.453. The number of carbonyl (C=O) groups excluding carboxylic acids is 1. The Morgan fingerprint density at radius 2 is 1.80 bits per heavy atom. The molecule has 1 aromatic carbocycles. The molecule has 0 aliphatic rings. The highest BCUT2D eigenvalue weighted by Gasteiger charge is 2.04. The number of rotatable bonds is 4. The van der Waals surface area contributed by atoms with Crippen molar-refractivity contribution in [1.82, 2.24) is 10.2 Å². The quantitative estimate of drug-likeness (QED) is 0.897. The molecule has 2 N–H and O–H groups in total. The summed E-state index contributed by atoms with van der Waals surface area (Å²) in [6.07, 6.45) is -0.582. The minimum atomic E-state index is -0.582. The van der Waals surface area contributed by atoms with E-state index in [2.05, 4.69) is 20.8 Å². The first kappa shape index (κ1) is 13.7. The van der Waals surface area contributed by atoms with Gasteiger partial charge in [0.05, 0.1) is 6.61 Å². The topological polar surface area (TPSA) is 76.1 Å². The number of ether oxygens (including phenoxy) is 1. The Labute approximate surface area is 115 Å². The Balaban J connectivity index is 1.97. The number of amides is 1. The van der Waals surface area contributed by atoms with Crippen LogP contribution in [0.1, 0.15) is 6.92 Å². The van der Waals surface area contributed by atoms with Crippen LogP contribution in [0.2, 0.25) is 0 Å². The minimum absolute atomic E-state index is 0.281. The predicted molar refractivity (Wildman–Crippen MR) is 72.4 cm³/mol. The number of nitrogens with zero attached hydrogens (tertiary/aromatic N) is 2. The Hall–Kier alpha value is -2.70. The summed E-state index contributed by atoms with van der Waals surface area (Å²) >= 11 is 0. The van der Waals surface area contributed by atoms with Crippen molar-refractivity contribution in [2.24, 2.45) is 0 Å². The number of benzene rings is 1. The van der Waals surface area contributed by atoms with Gasteiger partial charge in [-0.05, 0) is 43.3 Å². The van der Waals surface area contributed by atoms with Crippen molar-refractivity contribution in [2.75, 3.05) is 17.2 Å². The molecule has 0 bridgehead atoms. The third kappa shape index (κ3) is 3.91. The van der Waals surface area contributed by atoms with Crippen molar-refractivity contribution in [3.8, 4) is 0 Å². The van der Waals surface area contributed by atoms with Gasteiger partial charge in [0.1, 0.15) is 5.82 Å². The second-order valence-corrected chi connectivity index (χ2v) is 3.78. The fourth-order valence-electron chi connectivity index (χ4n) is 1.42. The fraction of sp³-hybridized carbons (Fsp3) is 0.154. The number of aromatic nitrogens is 2. The molecule has 0 spiro atoms. The second kappa shape index (κ2) is 6.46. The molecule has 0 saturated heterocycles. The molecule has 0 atom stereocenters. The lowest BCUT2D eigenvalue weighted by molar-refractivity contribution is 0.168. The lowest BCUT2D eigenvalue weighted by Crippen LogP contribution is -2.14. The van der Waals surface area contributed by atoms with Crippen LogP contribution in [0.15, 0.2) is 36.4 Å². The molecule has 20 heavy (non-hydrogen) atoms. The van der Waals surface area contributed by atoms with Crippen LogP contribution in [0.3, 0.4) is 0 Å². The number of hydrogen-bond acceptors (Lipinski definition) is 5. The van der Waals surface area contributed by atoms with Gasteiger partial charge in [-0.15, -0.1) is 10.2 Å². The zero-order valence-corrected chi connectivity index (χ0v) is 10.8. The van der Waals surface area contributed by atoms with E-state index < -0.39 is 6.09 Å². The first-order valence-electron chi connectivity index (χ1n) is 5.97. The minimum Gasteiger partial charge on any atom is -0.450 e. The average Bonchev–Trinajstić information content (AvgIpc) is 2.44. The molecule has 7 heteroatoms. The fourth-order valence-corrected chi connectivity index (χ4v) is 1.42. The number of halogens is 1. The van der Waals surface area contributed by atoms with Gasteiger partial charge >= 0.3 is 6.09 Å². The maximum atomic E-state index is 12.8. The molecule has 0 saturated carbocycles. The van der Waals surface area contributed by atoms with Gasteiger partial charge in [0.2, 0.25) is 0 Å². The molecule has 104 valence electrons. The first-order valence-corrected chi connectivity index (χ1v) is 5.97. The van der Waals surface area contributed by atoms with Crippen molar-refractivity contribution in [3.63, 3.8) is 0 Å². The molecular formula is C13H13FN4O2. The van der Waals surface area contributed by atoms with E-state index in [0.717, 1.165) is 0 Å². The van der Waals surface area contributed by atoms with Crippen LogP contribution in [0.4, 0.5) is 26.5 Å². The van der Waals surface area contributed by atoms with Gasteiger partial charge < -0.3 is 10.1 Å². The summed E-state index contributed by atoms with van der Waals surface area (Å²) in [6.45, 7) is 1.99. The van der Waals surface area contributed by atoms with Crippen LogP contribution in [-0.4, -0.2) is 22.9 Å². The molecule has 1 aromatic heterocycles. The highest BCUT2D eigenvalue weighted by molar-refractivity contribution is 5.83. The summed E-state index contributed by atoms with van der Waals surface area (Å²) in [5, 5.41) is 13.1. The number of anilines is 3. The third-order valence-electron chi connectivity index (χ3n) is 2.29. The highest BCUT2D eigenvalue weighted by atomic mass is 19.1. The maximum absolute atomic E-state index is 12.8. The molecule has 0 radical (unpaired) electrons. The monoisotopic (exact) mass is 276 g/mol. The summed E-state index contributed by atoms with van der Waals surface area (Å²) in [5.41, 5.74) is 0.687. The Kier molecular flexibility index (Phi) is 4.43. The largest absolute Gasteiger partial charge is 0.450 e. The van der Waals surface area contributed by atoms with Gasteiger partial charge in [-0.3, -0.25) is 5.32 Å². The zero-order chi connectivity index (χ0) is 14.4. The van der Waals surface area contributed by atoms with Crippen molar-refractivity contribution in [3.05, 3.63) is 42.2 Å². The molecule has 0 aliphatic carbocycles. The van der Waals surface area contributed by atoms with Crippen molar-refractivity contribution in [2.45, 2.75) is 6.92 Å². The van der Waals surface area contributed by atoms with Crippen molar-refractivity contribution in [1.29, 1.82) is 0 Å². The molecular weight excluding hydrogens is 263 g/mol. The second-order valence-electron chi connectivity index (χ2n) is 3.78. The normalized spacial score (nSPS) is 9.90. The number of hydrogen-bond donors (Lipinski definition) is 2. The van der Waals surface area contributed by atoms with Crippen molar-refractivity contribution < 1.29 is 13.9 Å². The maximum Gasteiger partial charge on any atom is 0.412 e. The molecule has 1 heterocycles. The van der Waals surface area contributed by atoms with Crippen molar-refractivity contribution >= 4 is 23.4 Å². The summed E-state index contributed by atoms with van der Waals surface area (Å²) in [7, 11) is 0. The van der Waals surface area contributed by atoms with E-state index in [1.54, 1.807) is 31.2 Å². The van der Waals surface area contributed by atoms with Gasteiger partial charge in [0, 0.05) is 5.69 Å². The van der Waals surface area contributed by atoms with Gasteiger partial charge in [-0.2, -0.15) is 0 Å². The van der Waals surface area contributed by atoms with Crippen LogP contribution in [-0.2, 0) is 4.74 Å². The number of carbonyl (C=O) groups is 1. The van der Waals surface area contributed by atoms with Crippen LogP contribution in [0.5, 0.6) is 0 Å². The van der Waals surface area contributed by atoms with Crippen LogP contribution >= 0.6 is 0 Å². The molecule has 2 rings (SSSR count). The van der Waals surface area contributed by atoms with E-state index in [9.17, 15) is 9.18 Å². The molecule has 1 amide bonds. The molecule has 2 aromatic rings.